The quantitative estimate of drug-likeness (QED) is 0.766. The summed E-state index contributed by atoms with van der Waals surface area (Å²) in [5.41, 5.74) is -0.0518. The van der Waals surface area contributed by atoms with Crippen molar-refractivity contribution in [2.24, 2.45) is 5.92 Å². The Kier molecular flexibility index (Phi) is 3.55. The molecule has 0 spiro atoms. The van der Waals surface area contributed by atoms with Gasteiger partial charge in [0.1, 0.15) is 11.3 Å². The zero-order chi connectivity index (χ0) is 14.0. The van der Waals surface area contributed by atoms with Crippen LogP contribution in [0.4, 0.5) is 4.79 Å². The van der Waals surface area contributed by atoms with Gasteiger partial charge in [0.15, 0.2) is 5.78 Å². The number of carbonyl (C=O) groups is 2. The van der Waals surface area contributed by atoms with Gasteiger partial charge in [-0.05, 0) is 32.9 Å². The number of nitrogens with zero attached hydrogens (tertiary/aromatic N) is 2. The van der Waals surface area contributed by atoms with Gasteiger partial charge in [-0.1, -0.05) is 6.07 Å². The number of pyridine rings is 1. The molecule has 0 aromatic carbocycles. The van der Waals surface area contributed by atoms with Crippen LogP contribution in [0.2, 0.25) is 0 Å². The van der Waals surface area contributed by atoms with Crippen molar-refractivity contribution in [2.45, 2.75) is 26.4 Å². The first-order valence-corrected chi connectivity index (χ1v) is 6.30. The normalized spacial score (nSPS) is 15.8. The Hall–Kier alpha value is -1.91. The molecular weight excluding hydrogens is 244 g/mol. The number of Topliss-reactive ketones (excluding diaryl/α,β-unsaturated/α-hetero) is 1. The lowest BCUT2D eigenvalue weighted by atomic mass is 9.93. The van der Waals surface area contributed by atoms with E-state index < -0.39 is 5.60 Å². The standard InChI is InChI=1S/C14H18N2O3/c1-14(2,3)19-13(18)16-8-10(9-16)12(17)11-6-4-5-7-15-11/h4-7,10H,8-9H2,1-3H3. The van der Waals surface area contributed by atoms with E-state index in [1.54, 1.807) is 24.4 Å². The van der Waals surface area contributed by atoms with Crippen molar-refractivity contribution in [3.63, 3.8) is 0 Å². The summed E-state index contributed by atoms with van der Waals surface area (Å²) >= 11 is 0. The van der Waals surface area contributed by atoms with Crippen molar-refractivity contribution in [2.75, 3.05) is 13.1 Å². The van der Waals surface area contributed by atoms with Crippen LogP contribution in [-0.4, -0.2) is 40.5 Å². The van der Waals surface area contributed by atoms with E-state index >= 15 is 0 Å². The molecule has 1 aromatic rings. The summed E-state index contributed by atoms with van der Waals surface area (Å²) in [6.07, 6.45) is 1.23. The summed E-state index contributed by atoms with van der Waals surface area (Å²) in [6.45, 7) is 6.28. The Labute approximate surface area is 112 Å². The van der Waals surface area contributed by atoms with E-state index in [0.29, 0.717) is 18.8 Å². The van der Waals surface area contributed by atoms with Crippen molar-refractivity contribution in [1.82, 2.24) is 9.88 Å². The molecule has 2 heterocycles. The fourth-order valence-electron chi connectivity index (χ4n) is 1.84. The highest BCUT2D eigenvalue weighted by atomic mass is 16.6. The highest BCUT2D eigenvalue weighted by Crippen LogP contribution is 2.22. The Morgan fingerprint density at radius 2 is 2.00 bits per heavy atom. The first-order chi connectivity index (χ1) is 8.87. The second-order valence-electron chi connectivity index (χ2n) is 5.66. The molecule has 0 saturated carbocycles. The van der Waals surface area contributed by atoms with Gasteiger partial charge in [0, 0.05) is 19.3 Å². The number of ketones is 1. The van der Waals surface area contributed by atoms with Gasteiger partial charge >= 0.3 is 6.09 Å². The Morgan fingerprint density at radius 1 is 1.32 bits per heavy atom. The van der Waals surface area contributed by atoms with Crippen LogP contribution >= 0.6 is 0 Å². The van der Waals surface area contributed by atoms with Gasteiger partial charge in [0.05, 0.1) is 5.92 Å². The van der Waals surface area contributed by atoms with Crippen molar-refractivity contribution in [3.05, 3.63) is 30.1 Å². The molecule has 1 aromatic heterocycles. The summed E-state index contributed by atoms with van der Waals surface area (Å²) < 4.78 is 5.24. The van der Waals surface area contributed by atoms with Crippen molar-refractivity contribution >= 4 is 11.9 Å². The Morgan fingerprint density at radius 3 is 2.53 bits per heavy atom. The number of amides is 1. The summed E-state index contributed by atoms with van der Waals surface area (Å²) in [5, 5.41) is 0. The molecule has 0 bridgehead atoms. The number of carbonyl (C=O) groups excluding carboxylic acids is 2. The molecule has 1 fully saturated rings. The number of hydrogen-bond acceptors (Lipinski definition) is 4. The van der Waals surface area contributed by atoms with E-state index in [1.165, 1.54) is 4.90 Å². The summed E-state index contributed by atoms with van der Waals surface area (Å²) in [7, 11) is 0. The number of likely N-dealkylation sites (tertiary alicyclic amines) is 1. The van der Waals surface area contributed by atoms with Gasteiger partial charge in [-0.3, -0.25) is 9.78 Å². The second kappa shape index (κ2) is 4.99. The van der Waals surface area contributed by atoms with E-state index in [4.69, 9.17) is 4.74 Å². The fourth-order valence-corrected chi connectivity index (χ4v) is 1.84. The third-order valence-electron chi connectivity index (χ3n) is 2.82. The SMILES string of the molecule is CC(C)(C)OC(=O)N1CC(C(=O)c2ccccn2)C1. The summed E-state index contributed by atoms with van der Waals surface area (Å²) in [6, 6.07) is 5.24. The third kappa shape index (κ3) is 3.30. The van der Waals surface area contributed by atoms with Gasteiger partial charge in [-0.25, -0.2) is 4.79 Å². The maximum absolute atomic E-state index is 12.0. The molecule has 0 unspecified atom stereocenters. The molecule has 1 aliphatic heterocycles. The zero-order valence-corrected chi connectivity index (χ0v) is 11.4. The van der Waals surface area contributed by atoms with E-state index in [-0.39, 0.29) is 17.8 Å². The van der Waals surface area contributed by atoms with Crippen LogP contribution in [0.5, 0.6) is 0 Å². The largest absolute Gasteiger partial charge is 0.444 e. The molecule has 1 aliphatic rings. The van der Waals surface area contributed by atoms with Crippen molar-refractivity contribution in [1.29, 1.82) is 0 Å². The van der Waals surface area contributed by atoms with Crippen LogP contribution in [0.15, 0.2) is 24.4 Å². The molecule has 5 nitrogen and oxygen atoms in total. The molecule has 1 saturated heterocycles. The fraction of sp³-hybridized carbons (Fsp3) is 0.500. The molecule has 1 amide bonds. The average Bonchev–Trinajstić information content (AvgIpc) is 2.25. The third-order valence-corrected chi connectivity index (χ3v) is 2.82. The van der Waals surface area contributed by atoms with Gasteiger partial charge in [0.25, 0.3) is 0 Å². The lowest BCUT2D eigenvalue weighted by molar-refractivity contribution is 0.00140. The van der Waals surface area contributed by atoms with Gasteiger partial charge < -0.3 is 9.64 Å². The highest BCUT2D eigenvalue weighted by molar-refractivity contribution is 5.97. The van der Waals surface area contributed by atoms with Gasteiger partial charge in [-0.15, -0.1) is 0 Å². The van der Waals surface area contributed by atoms with Gasteiger partial charge in [-0.2, -0.15) is 0 Å². The smallest absolute Gasteiger partial charge is 0.410 e. The predicted molar refractivity (Wildman–Crippen MR) is 69.9 cm³/mol. The van der Waals surface area contributed by atoms with Crippen LogP contribution < -0.4 is 0 Å². The number of rotatable bonds is 2. The molecule has 0 N–H and O–H groups in total. The minimum atomic E-state index is -0.507. The van der Waals surface area contributed by atoms with E-state index in [0.717, 1.165) is 0 Å². The van der Waals surface area contributed by atoms with E-state index in [2.05, 4.69) is 4.98 Å². The van der Waals surface area contributed by atoms with Crippen LogP contribution in [-0.2, 0) is 4.74 Å². The molecule has 19 heavy (non-hydrogen) atoms. The molecule has 102 valence electrons. The maximum atomic E-state index is 12.0. The Bertz CT molecular complexity index is 473. The van der Waals surface area contributed by atoms with Crippen molar-refractivity contribution in [3.8, 4) is 0 Å². The first kappa shape index (κ1) is 13.5. The van der Waals surface area contributed by atoms with E-state index in [9.17, 15) is 9.59 Å². The lowest BCUT2D eigenvalue weighted by Gasteiger charge is -2.38. The topological polar surface area (TPSA) is 59.5 Å². The molecular formula is C14H18N2O3. The Balaban J connectivity index is 1.87. The predicted octanol–water partition coefficient (Wildman–Crippen LogP) is 2.13. The highest BCUT2D eigenvalue weighted by Gasteiger charge is 2.38. The molecule has 2 rings (SSSR count). The van der Waals surface area contributed by atoms with Crippen molar-refractivity contribution < 1.29 is 14.3 Å². The minimum Gasteiger partial charge on any atom is -0.444 e. The molecule has 0 radical (unpaired) electrons. The maximum Gasteiger partial charge on any atom is 0.410 e. The molecule has 5 heteroatoms. The molecule has 0 atom stereocenters. The van der Waals surface area contributed by atoms with Gasteiger partial charge in [0.2, 0.25) is 0 Å². The zero-order valence-electron chi connectivity index (χ0n) is 11.4. The lowest BCUT2D eigenvalue weighted by Crippen LogP contribution is -2.54. The second-order valence-corrected chi connectivity index (χ2v) is 5.66. The van der Waals surface area contributed by atoms with Crippen LogP contribution in [0.3, 0.4) is 0 Å². The molecule has 0 aliphatic carbocycles. The number of ether oxygens (including phenoxy) is 1. The number of aromatic nitrogens is 1. The summed E-state index contributed by atoms with van der Waals surface area (Å²) in [4.78, 5) is 29.3. The van der Waals surface area contributed by atoms with Crippen LogP contribution in [0.25, 0.3) is 0 Å². The number of hydrogen-bond donors (Lipinski definition) is 0. The summed E-state index contributed by atoms with van der Waals surface area (Å²) in [5.74, 6) is -0.178. The van der Waals surface area contributed by atoms with E-state index in [1.807, 2.05) is 20.8 Å². The van der Waals surface area contributed by atoms with Crippen LogP contribution in [0, 0.1) is 5.92 Å². The first-order valence-electron chi connectivity index (χ1n) is 6.30. The van der Waals surface area contributed by atoms with Crippen LogP contribution in [0.1, 0.15) is 31.3 Å². The monoisotopic (exact) mass is 262 g/mol. The average molecular weight is 262 g/mol. The minimum absolute atomic E-state index is 0.0135.